The van der Waals surface area contributed by atoms with Gasteiger partial charge in [0, 0.05) is 22.3 Å². The standard InChI is InChI=1S/C22H18Cl2N2O2S/c23-18-7-5-17(20(24)12-18)14-29-22-25-9-10-26(22)21(27)13-28-19-8-6-15-3-1-2-4-16(15)11-19/h1-8,11-12H,9-10,13-14H2. The minimum Gasteiger partial charge on any atom is -0.484 e. The summed E-state index contributed by atoms with van der Waals surface area (Å²) in [6, 6.07) is 19.3. The number of carbonyl (C=O) groups is 1. The second-order valence-corrected chi connectivity index (χ2v) is 8.32. The van der Waals surface area contributed by atoms with Crippen molar-refractivity contribution in [3.05, 3.63) is 76.3 Å². The van der Waals surface area contributed by atoms with Crippen LogP contribution in [0.3, 0.4) is 0 Å². The number of fused-ring (bicyclic) bond motifs is 1. The summed E-state index contributed by atoms with van der Waals surface area (Å²) in [5.74, 6) is 1.18. The van der Waals surface area contributed by atoms with Gasteiger partial charge in [-0.2, -0.15) is 0 Å². The summed E-state index contributed by atoms with van der Waals surface area (Å²) in [6.45, 7) is 1.13. The fourth-order valence-corrected chi connectivity index (χ4v) is 4.67. The Morgan fingerprint density at radius 1 is 1.07 bits per heavy atom. The second kappa shape index (κ2) is 9.08. The number of benzene rings is 3. The van der Waals surface area contributed by atoms with Crippen LogP contribution in [0.15, 0.2) is 65.7 Å². The van der Waals surface area contributed by atoms with Crippen LogP contribution in [0.5, 0.6) is 5.75 Å². The number of hydrogen-bond donors (Lipinski definition) is 0. The monoisotopic (exact) mass is 444 g/mol. The molecule has 3 aromatic carbocycles. The minimum atomic E-state index is -0.107. The first-order valence-corrected chi connectivity index (χ1v) is 10.9. The first-order chi connectivity index (χ1) is 14.1. The Hall–Kier alpha value is -2.21. The van der Waals surface area contributed by atoms with E-state index in [1.54, 1.807) is 17.0 Å². The highest BCUT2D eigenvalue weighted by Gasteiger charge is 2.24. The van der Waals surface area contributed by atoms with Gasteiger partial charge in [-0.25, -0.2) is 0 Å². The zero-order chi connectivity index (χ0) is 20.2. The lowest BCUT2D eigenvalue weighted by Gasteiger charge is -2.18. The molecule has 4 rings (SSSR count). The summed E-state index contributed by atoms with van der Waals surface area (Å²) in [6.07, 6.45) is 0. The predicted octanol–water partition coefficient (Wildman–Crippen LogP) is 5.66. The quantitative estimate of drug-likeness (QED) is 0.509. The highest BCUT2D eigenvalue weighted by molar-refractivity contribution is 8.13. The van der Waals surface area contributed by atoms with E-state index >= 15 is 0 Å². The Balaban J connectivity index is 1.35. The topological polar surface area (TPSA) is 41.9 Å². The van der Waals surface area contributed by atoms with Crippen LogP contribution in [0.25, 0.3) is 10.8 Å². The van der Waals surface area contributed by atoms with Crippen molar-refractivity contribution < 1.29 is 9.53 Å². The molecule has 29 heavy (non-hydrogen) atoms. The van der Waals surface area contributed by atoms with Crippen LogP contribution in [-0.4, -0.2) is 35.7 Å². The van der Waals surface area contributed by atoms with Crippen LogP contribution in [0.4, 0.5) is 0 Å². The maximum Gasteiger partial charge on any atom is 0.266 e. The predicted molar refractivity (Wildman–Crippen MR) is 121 cm³/mol. The minimum absolute atomic E-state index is 0.0282. The van der Waals surface area contributed by atoms with Gasteiger partial charge in [0.15, 0.2) is 11.8 Å². The van der Waals surface area contributed by atoms with Gasteiger partial charge in [0.2, 0.25) is 0 Å². The van der Waals surface area contributed by atoms with Crippen LogP contribution < -0.4 is 4.74 Å². The molecule has 0 radical (unpaired) electrons. The van der Waals surface area contributed by atoms with Gasteiger partial charge in [-0.1, -0.05) is 71.4 Å². The average molecular weight is 445 g/mol. The maximum absolute atomic E-state index is 12.7. The van der Waals surface area contributed by atoms with E-state index in [4.69, 9.17) is 27.9 Å². The van der Waals surface area contributed by atoms with Crippen LogP contribution in [0, 0.1) is 0 Å². The Labute approximate surface area is 183 Å². The summed E-state index contributed by atoms with van der Waals surface area (Å²) in [7, 11) is 0. The number of thioether (sulfide) groups is 1. The third-order valence-corrected chi connectivity index (χ3v) is 6.21. The maximum atomic E-state index is 12.7. The molecule has 0 atom stereocenters. The third-order valence-electron chi connectivity index (χ3n) is 4.56. The molecule has 0 unspecified atom stereocenters. The van der Waals surface area contributed by atoms with Gasteiger partial charge in [-0.3, -0.25) is 14.7 Å². The molecule has 3 aromatic rings. The van der Waals surface area contributed by atoms with Gasteiger partial charge in [-0.15, -0.1) is 0 Å². The number of nitrogens with zero attached hydrogens (tertiary/aromatic N) is 2. The Kier molecular flexibility index (Phi) is 6.28. The van der Waals surface area contributed by atoms with E-state index in [1.165, 1.54) is 11.8 Å². The fourth-order valence-electron chi connectivity index (χ4n) is 3.04. The number of carbonyl (C=O) groups excluding carboxylic acids is 1. The highest BCUT2D eigenvalue weighted by atomic mass is 35.5. The molecule has 0 saturated heterocycles. The van der Waals surface area contributed by atoms with E-state index in [0.29, 0.717) is 39.8 Å². The molecule has 0 aromatic heterocycles. The summed E-state index contributed by atoms with van der Waals surface area (Å²) < 4.78 is 5.74. The highest BCUT2D eigenvalue weighted by Crippen LogP contribution is 2.27. The normalized spacial score (nSPS) is 13.6. The van der Waals surface area contributed by atoms with E-state index in [1.807, 2.05) is 48.5 Å². The molecule has 0 fully saturated rings. The number of amidine groups is 1. The van der Waals surface area contributed by atoms with E-state index in [0.717, 1.165) is 16.3 Å². The molecule has 7 heteroatoms. The van der Waals surface area contributed by atoms with Crippen molar-refractivity contribution in [2.75, 3.05) is 19.7 Å². The third kappa shape index (κ3) is 4.86. The van der Waals surface area contributed by atoms with Crippen molar-refractivity contribution in [3.8, 4) is 5.75 Å². The molecule has 0 bridgehead atoms. The van der Waals surface area contributed by atoms with E-state index < -0.39 is 0 Å². The number of ether oxygens (including phenoxy) is 1. The molecule has 1 amide bonds. The average Bonchev–Trinajstić information content (AvgIpc) is 3.20. The molecule has 1 aliphatic heterocycles. The Morgan fingerprint density at radius 3 is 2.72 bits per heavy atom. The van der Waals surface area contributed by atoms with Crippen molar-refractivity contribution >= 4 is 56.8 Å². The SMILES string of the molecule is O=C(COc1ccc2ccccc2c1)N1CCN=C1SCc1ccc(Cl)cc1Cl. The molecule has 4 nitrogen and oxygen atoms in total. The van der Waals surface area contributed by atoms with Crippen molar-refractivity contribution in [2.24, 2.45) is 4.99 Å². The van der Waals surface area contributed by atoms with Crippen LogP contribution in [0.1, 0.15) is 5.56 Å². The summed E-state index contributed by atoms with van der Waals surface area (Å²) in [5.41, 5.74) is 0.954. The van der Waals surface area contributed by atoms with Crippen LogP contribution >= 0.6 is 35.0 Å². The lowest BCUT2D eigenvalue weighted by Crippen LogP contribution is -2.36. The number of halogens is 2. The molecule has 1 heterocycles. The molecule has 0 aliphatic carbocycles. The summed E-state index contributed by atoms with van der Waals surface area (Å²) in [5, 5.41) is 4.13. The van der Waals surface area contributed by atoms with Crippen molar-refractivity contribution in [1.82, 2.24) is 4.90 Å². The molecule has 1 aliphatic rings. The Bertz CT molecular complexity index is 1090. The molecule has 0 N–H and O–H groups in total. The zero-order valence-electron chi connectivity index (χ0n) is 15.5. The number of rotatable bonds is 5. The summed E-state index contributed by atoms with van der Waals surface area (Å²) in [4.78, 5) is 18.8. The van der Waals surface area contributed by atoms with Crippen molar-refractivity contribution in [1.29, 1.82) is 0 Å². The Morgan fingerprint density at radius 2 is 1.90 bits per heavy atom. The number of aliphatic imine (C=N–C) groups is 1. The first-order valence-electron chi connectivity index (χ1n) is 9.13. The smallest absolute Gasteiger partial charge is 0.266 e. The number of amides is 1. The van der Waals surface area contributed by atoms with Gasteiger partial charge >= 0.3 is 0 Å². The molecular weight excluding hydrogens is 427 g/mol. The molecule has 0 spiro atoms. The molecular formula is C22H18Cl2N2O2S. The van der Waals surface area contributed by atoms with Gasteiger partial charge in [0.05, 0.1) is 6.54 Å². The van der Waals surface area contributed by atoms with E-state index in [-0.39, 0.29) is 12.5 Å². The van der Waals surface area contributed by atoms with Crippen molar-refractivity contribution in [2.45, 2.75) is 5.75 Å². The largest absolute Gasteiger partial charge is 0.484 e. The van der Waals surface area contributed by atoms with E-state index in [9.17, 15) is 4.79 Å². The van der Waals surface area contributed by atoms with Crippen molar-refractivity contribution in [3.63, 3.8) is 0 Å². The van der Waals surface area contributed by atoms with E-state index in [2.05, 4.69) is 4.99 Å². The first kappa shape index (κ1) is 20.1. The van der Waals surface area contributed by atoms with Gasteiger partial charge in [0.25, 0.3) is 5.91 Å². The van der Waals surface area contributed by atoms with Gasteiger partial charge < -0.3 is 4.74 Å². The van der Waals surface area contributed by atoms with Gasteiger partial charge in [0.1, 0.15) is 5.75 Å². The lowest BCUT2D eigenvalue weighted by atomic mass is 10.1. The molecule has 0 saturated carbocycles. The summed E-state index contributed by atoms with van der Waals surface area (Å²) >= 11 is 13.7. The fraction of sp³-hybridized carbons (Fsp3) is 0.182. The molecule has 148 valence electrons. The second-order valence-electron chi connectivity index (χ2n) is 6.53. The lowest BCUT2D eigenvalue weighted by molar-refractivity contribution is -0.128. The van der Waals surface area contributed by atoms with Crippen LogP contribution in [0.2, 0.25) is 10.0 Å². The van der Waals surface area contributed by atoms with Gasteiger partial charge in [-0.05, 0) is 40.6 Å². The van der Waals surface area contributed by atoms with Crippen LogP contribution in [-0.2, 0) is 10.5 Å². The number of hydrogen-bond acceptors (Lipinski definition) is 4. The zero-order valence-corrected chi connectivity index (χ0v) is 17.8.